The molecule has 2 N–H and O–H groups in total. The Labute approximate surface area is 214 Å². The number of hydrogen-bond donors (Lipinski definition) is 2. The molecule has 4 aromatic rings. The Kier molecular flexibility index (Phi) is 6.74. The van der Waals surface area contributed by atoms with Crippen LogP contribution in [0.4, 0.5) is 11.4 Å². The van der Waals surface area contributed by atoms with Gasteiger partial charge in [-0.1, -0.05) is 37.3 Å². The van der Waals surface area contributed by atoms with Crippen LogP contribution in [0.2, 0.25) is 0 Å². The minimum atomic E-state index is -3.62. The molecule has 0 saturated carbocycles. The van der Waals surface area contributed by atoms with Gasteiger partial charge in [-0.25, -0.2) is 17.8 Å². The van der Waals surface area contributed by atoms with Gasteiger partial charge in [-0.3, -0.25) is 9.52 Å². The lowest BCUT2D eigenvalue weighted by atomic mass is 9.86. The number of carbonyl (C=O) groups excluding carboxylic acids is 1. The fraction of sp³-hybridized carbons (Fsp3) is 0.292. The zero-order valence-corrected chi connectivity index (χ0v) is 22.2. The first-order chi connectivity index (χ1) is 17.4. The molecule has 0 fully saturated rings. The largest absolute Gasteiger partial charge is 0.492 e. The highest BCUT2D eigenvalue weighted by atomic mass is 32.2. The molecule has 13 heteroatoms. The van der Waals surface area contributed by atoms with E-state index in [1.165, 1.54) is 24.2 Å². The second-order valence-corrected chi connectivity index (χ2v) is 11.3. The summed E-state index contributed by atoms with van der Waals surface area (Å²) in [6.07, 6.45) is 7.39. The number of aromatic nitrogens is 6. The van der Waals surface area contributed by atoms with E-state index in [1.807, 2.05) is 27.7 Å². The van der Waals surface area contributed by atoms with Crippen molar-refractivity contribution in [3.63, 3.8) is 0 Å². The third-order valence-corrected chi connectivity index (χ3v) is 6.19. The topological polar surface area (TPSA) is 146 Å². The van der Waals surface area contributed by atoms with Crippen molar-refractivity contribution in [3.8, 4) is 17.1 Å². The highest BCUT2D eigenvalue weighted by Gasteiger charge is 2.25. The van der Waals surface area contributed by atoms with Crippen molar-refractivity contribution < 1.29 is 17.9 Å². The average molecular weight is 525 g/mol. The summed E-state index contributed by atoms with van der Waals surface area (Å²) in [7, 11) is -2.21. The highest BCUT2D eigenvalue weighted by molar-refractivity contribution is 7.92. The van der Waals surface area contributed by atoms with E-state index < -0.39 is 15.9 Å². The molecule has 0 atom stereocenters. The molecule has 12 nitrogen and oxygen atoms in total. The van der Waals surface area contributed by atoms with Crippen molar-refractivity contribution >= 4 is 27.3 Å². The Morgan fingerprint density at radius 1 is 0.973 bits per heavy atom. The first-order valence-electron chi connectivity index (χ1n) is 11.3. The van der Waals surface area contributed by atoms with Gasteiger partial charge in [-0.05, 0) is 41.7 Å². The molecule has 194 valence electrons. The van der Waals surface area contributed by atoms with Crippen LogP contribution in [0.1, 0.15) is 42.3 Å². The summed E-state index contributed by atoms with van der Waals surface area (Å²) in [6, 6.07) is 6.95. The van der Waals surface area contributed by atoms with Gasteiger partial charge in [0.25, 0.3) is 5.91 Å². The number of methoxy groups -OCH3 is 1. The van der Waals surface area contributed by atoms with Crippen molar-refractivity contribution in [3.05, 3.63) is 65.7 Å². The molecule has 0 aliphatic rings. The van der Waals surface area contributed by atoms with Gasteiger partial charge in [-0.15, -0.1) is 10.2 Å². The number of ether oxygens (including phenoxy) is 1. The van der Waals surface area contributed by atoms with Crippen LogP contribution in [0.15, 0.2) is 49.1 Å². The number of anilines is 2. The van der Waals surface area contributed by atoms with Gasteiger partial charge in [0.2, 0.25) is 10.0 Å². The maximum Gasteiger partial charge on any atom is 0.258 e. The van der Waals surface area contributed by atoms with E-state index in [4.69, 9.17) is 4.74 Å². The van der Waals surface area contributed by atoms with E-state index >= 15 is 0 Å². The Hall–Kier alpha value is -4.26. The second-order valence-electron chi connectivity index (χ2n) is 9.51. The van der Waals surface area contributed by atoms with Crippen LogP contribution in [-0.2, 0) is 15.4 Å². The summed E-state index contributed by atoms with van der Waals surface area (Å²) in [6.45, 7) is 7.84. The predicted molar refractivity (Wildman–Crippen MR) is 139 cm³/mol. The molecule has 0 radical (unpaired) electrons. The number of hydrogen-bond acceptors (Lipinski definition) is 8. The van der Waals surface area contributed by atoms with E-state index in [0.717, 1.165) is 17.4 Å². The van der Waals surface area contributed by atoms with Crippen LogP contribution in [0.3, 0.4) is 0 Å². The predicted octanol–water partition coefficient (Wildman–Crippen LogP) is 3.09. The normalized spacial score (nSPS) is 11.8. The third kappa shape index (κ3) is 5.45. The zero-order chi connectivity index (χ0) is 27.0. The first kappa shape index (κ1) is 25.8. The number of benzene rings is 2. The van der Waals surface area contributed by atoms with E-state index in [1.54, 1.807) is 41.3 Å². The lowest BCUT2D eigenvalue weighted by Crippen LogP contribution is -2.20. The van der Waals surface area contributed by atoms with Crippen LogP contribution < -0.4 is 14.8 Å². The zero-order valence-electron chi connectivity index (χ0n) is 21.3. The number of aryl methyl sites for hydroxylation is 1. The lowest BCUT2D eigenvalue weighted by Gasteiger charge is -2.24. The lowest BCUT2D eigenvalue weighted by molar-refractivity contribution is 0.102. The summed E-state index contributed by atoms with van der Waals surface area (Å²) >= 11 is 0. The van der Waals surface area contributed by atoms with E-state index in [-0.39, 0.29) is 22.4 Å². The second kappa shape index (κ2) is 9.65. The van der Waals surface area contributed by atoms with Gasteiger partial charge in [-0.2, -0.15) is 0 Å². The molecule has 37 heavy (non-hydrogen) atoms. The summed E-state index contributed by atoms with van der Waals surface area (Å²) in [4.78, 5) is 13.8. The van der Waals surface area contributed by atoms with Crippen molar-refractivity contribution in [2.45, 2.75) is 33.1 Å². The van der Waals surface area contributed by atoms with Gasteiger partial charge in [0.1, 0.15) is 5.69 Å². The minimum Gasteiger partial charge on any atom is -0.492 e. The molecule has 4 rings (SSSR count). The van der Waals surface area contributed by atoms with Gasteiger partial charge in [0, 0.05) is 0 Å². The SMILES string of the molecule is COc1c(NC(=O)c2ccc(C)c(-n3ccnn3)c2-n2ccnn2)cc(C(C)(C)C)cc1NS(C)(=O)=O. The van der Waals surface area contributed by atoms with Crippen molar-refractivity contribution in [2.24, 2.45) is 0 Å². The van der Waals surface area contributed by atoms with Crippen LogP contribution >= 0.6 is 0 Å². The highest BCUT2D eigenvalue weighted by Crippen LogP contribution is 2.39. The fourth-order valence-corrected chi connectivity index (χ4v) is 4.43. The van der Waals surface area contributed by atoms with Crippen LogP contribution in [0, 0.1) is 6.92 Å². The molecule has 0 aliphatic heterocycles. The van der Waals surface area contributed by atoms with Gasteiger partial charge < -0.3 is 10.1 Å². The summed E-state index contributed by atoms with van der Waals surface area (Å²) in [5, 5.41) is 18.9. The summed E-state index contributed by atoms with van der Waals surface area (Å²) in [5.74, 6) is -0.292. The molecule has 2 heterocycles. The number of sulfonamides is 1. The molecule has 2 aromatic heterocycles. The summed E-state index contributed by atoms with van der Waals surface area (Å²) in [5.41, 5.74) is 3.12. The number of nitrogens with zero attached hydrogens (tertiary/aromatic N) is 6. The van der Waals surface area contributed by atoms with Crippen LogP contribution in [0.25, 0.3) is 11.4 Å². The van der Waals surface area contributed by atoms with Crippen LogP contribution in [0.5, 0.6) is 5.75 Å². The van der Waals surface area contributed by atoms with Gasteiger partial charge >= 0.3 is 0 Å². The standard InChI is InChI=1S/C24H28N8O4S/c1-15-7-8-17(21(32-12-10-26-30-32)20(15)31-11-9-25-29-31)23(33)27-18-13-16(24(2,3)4)14-19(22(18)36-5)28-37(6,34)35/h7-14,28H,1-6H3,(H,27,33). The van der Waals surface area contributed by atoms with Gasteiger partial charge in [0.05, 0.1) is 60.8 Å². The molecule has 0 aliphatic carbocycles. The molecule has 0 saturated heterocycles. The quantitative estimate of drug-likeness (QED) is 0.375. The monoisotopic (exact) mass is 524 g/mol. The Morgan fingerprint density at radius 3 is 2.08 bits per heavy atom. The van der Waals surface area contributed by atoms with Crippen LogP contribution in [-0.4, -0.2) is 57.7 Å². The Morgan fingerprint density at radius 2 is 1.57 bits per heavy atom. The molecule has 0 unspecified atom stereocenters. The number of rotatable bonds is 7. The van der Waals surface area contributed by atoms with E-state index in [2.05, 4.69) is 30.7 Å². The minimum absolute atomic E-state index is 0.178. The molecule has 1 amide bonds. The Balaban J connectivity index is 1.88. The summed E-state index contributed by atoms with van der Waals surface area (Å²) < 4.78 is 35.2. The molecular weight excluding hydrogens is 496 g/mol. The first-order valence-corrected chi connectivity index (χ1v) is 13.2. The number of nitrogens with one attached hydrogen (secondary N) is 2. The van der Waals surface area contributed by atoms with Gasteiger partial charge in [0.15, 0.2) is 5.75 Å². The fourth-order valence-electron chi connectivity index (χ4n) is 3.88. The van der Waals surface area contributed by atoms with Crippen molar-refractivity contribution in [2.75, 3.05) is 23.4 Å². The maximum absolute atomic E-state index is 13.8. The third-order valence-electron chi connectivity index (χ3n) is 5.60. The number of amides is 1. The molecule has 0 spiro atoms. The maximum atomic E-state index is 13.8. The Bertz CT molecular complexity index is 1540. The van der Waals surface area contributed by atoms with E-state index in [9.17, 15) is 13.2 Å². The molecule has 2 aromatic carbocycles. The molecule has 0 bridgehead atoms. The average Bonchev–Trinajstić information content (AvgIpc) is 3.51. The number of carbonyl (C=O) groups is 1. The molecular formula is C24H28N8O4S. The smallest absolute Gasteiger partial charge is 0.258 e. The van der Waals surface area contributed by atoms with E-state index in [0.29, 0.717) is 17.1 Å². The van der Waals surface area contributed by atoms with Crippen molar-refractivity contribution in [1.29, 1.82) is 0 Å². The van der Waals surface area contributed by atoms with Crippen molar-refractivity contribution in [1.82, 2.24) is 30.0 Å².